The molecule has 2 aromatic rings. The molecular weight excluding hydrogens is 387 g/mol. The number of benzene rings is 1. The average molecular weight is 411 g/mol. The minimum absolute atomic E-state index is 0.0340. The first-order valence-corrected chi connectivity index (χ1v) is 9.29. The molecule has 1 aromatic heterocycles. The van der Waals surface area contributed by atoms with E-state index in [4.69, 9.17) is 9.84 Å². The topological polar surface area (TPSA) is 69.1 Å². The molecule has 0 amide bonds. The lowest BCUT2D eigenvalue weighted by Gasteiger charge is -2.29. The zero-order chi connectivity index (χ0) is 21.0. The van der Waals surface area contributed by atoms with Crippen LogP contribution in [0.4, 0.5) is 19.0 Å². The van der Waals surface area contributed by atoms with Crippen LogP contribution < -0.4 is 9.64 Å². The van der Waals surface area contributed by atoms with E-state index in [1.54, 1.807) is 36.2 Å². The highest BCUT2D eigenvalue weighted by molar-refractivity contribution is 5.48. The minimum Gasteiger partial charge on any atom is -0.489 e. The van der Waals surface area contributed by atoms with Gasteiger partial charge >= 0.3 is 6.18 Å². The molecule has 1 fully saturated rings. The fourth-order valence-corrected chi connectivity index (χ4v) is 3.39. The van der Waals surface area contributed by atoms with Gasteiger partial charge in [-0.15, -0.1) is 0 Å². The van der Waals surface area contributed by atoms with E-state index in [0.717, 1.165) is 11.6 Å². The van der Waals surface area contributed by atoms with E-state index in [-0.39, 0.29) is 25.1 Å². The fourth-order valence-electron chi connectivity index (χ4n) is 3.39. The van der Waals surface area contributed by atoms with Crippen LogP contribution in [0.3, 0.4) is 0 Å². The Kier molecular flexibility index (Phi) is 6.61. The predicted octanol–water partition coefficient (Wildman–Crippen LogP) is 2.50. The summed E-state index contributed by atoms with van der Waals surface area (Å²) in [6.07, 6.45) is -3.41. The van der Waals surface area contributed by atoms with E-state index in [2.05, 4.69) is 4.98 Å². The molecule has 2 heterocycles. The van der Waals surface area contributed by atoms with Crippen LogP contribution in [-0.2, 0) is 12.8 Å². The largest absolute Gasteiger partial charge is 0.489 e. The highest BCUT2D eigenvalue weighted by Gasteiger charge is 2.38. The maximum Gasteiger partial charge on any atom is 0.419 e. The number of hydrogen-bond acceptors (Lipinski definition) is 6. The molecule has 2 N–H and O–H groups in total. The molecule has 0 bridgehead atoms. The highest BCUT2D eigenvalue weighted by Crippen LogP contribution is 2.36. The van der Waals surface area contributed by atoms with Crippen LogP contribution in [-0.4, -0.2) is 59.1 Å². The fraction of sp³-hybridized carbons (Fsp3) is 0.450. The van der Waals surface area contributed by atoms with Gasteiger partial charge in [0, 0.05) is 32.4 Å². The smallest absolute Gasteiger partial charge is 0.419 e. The number of pyridine rings is 1. The molecule has 158 valence electrons. The van der Waals surface area contributed by atoms with Crippen molar-refractivity contribution in [3.05, 3.63) is 53.7 Å². The molecule has 6 nitrogen and oxygen atoms in total. The van der Waals surface area contributed by atoms with E-state index in [1.807, 2.05) is 0 Å². The van der Waals surface area contributed by atoms with Gasteiger partial charge in [0.1, 0.15) is 24.4 Å². The van der Waals surface area contributed by atoms with Crippen molar-refractivity contribution in [2.75, 3.05) is 31.6 Å². The molecule has 0 radical (unpaired) electrons. The van der Waals surface area contributed by atoms with Crippen molar-refractivity contribution < 1.29 is 28.1 Å². The number of hydrogen-bond donors (Lipinski definition) is 2. The molecule has 1 aliphatic heterocycles. The van der Waals surface area contributed by atoms with Gasteiger partial charge < -0.3 is 19.8 Å². The lowest BCUT2D eigenvalue weighted by atomic mass is 10.2. The highest BCUT2D eigenvalue weighted by atomic mass is 19.4. The number of anilines is 1. The third-order valence-corrected chi connectivity index (χ3v) is 5.10. The van der Waals surface area contributed by atoms with Crippen molar-refractivity contribution in [3.63, 3.8) is 0 Å². The molecule has 9 heteroatoms. The third-order valence-electron chi connectivity index (χ3n) is 5.10. The van der Waals surface area contributed by atoms with Gasteiger partial charge in [-0.2, -0.15) is 13.2 Å². The summed E-state index contributed by atoms with van der Waals surface area (Å²) in [5.74, 6) is 0.457. The Balaban J connectivity index is 1.58. The normalized spacial score (nSPS) is 18.6. The third kappa shape index (κ3) is 5.17. The molecule has 0 saturated carbocycles. The summed E-state index contributed by atoms with van der Waals surface area (Å²) >= 11 is 0. The van der Waals surface area contributed by atoms with Crippen LogP contribution in [0.25, 0.3) is 0 Å². The van der Waals surface area contributed by atoms with E-state index < -0.39 is 18.0 Å². The van der Waals surface area contributed by atoms with Gasteiger partial charge in [-0.05, 0) is 36.2 Å². The molecule has 0 spiro atoms. The van der Waals surface area contributed by atoms with Crippen molar-refractivity contribution >= 4 is 5.82 Å². The Morgan fingerprint density at radius 2 is 2.00 bits per heavy atom. The molecule has 1 saturated heterocycles. The molecule has 1 unspecified atom stereocenters. The van der Waals surface area contributed by atoms with E-state index >= 15 is 0 Å². The van der Waals surface area contributed by atoms with Crippen molar-refractivity contribution in [1.29, 1.82) is 0 Å². The van der Waals surface area contributed by atoms with Crippen LogP contribution in [0.5, 0.6) is 5.75 Å². The Morgan fingerprint density at radius 1 is 1.28 bits per heavy atom. The van der Waals surface area contributed by atoms with E-state index in [0.29, 0.717) is 25.3 Å². The lowest BCUT2D eigenvalue weighted by Crippen LogP contribution is -2.41. The minimum atomic E-state index is -4.48. The Labute approximate surface area is 167 Å². The zero-order valence-corrected chi connectivity index (χ0v) is 16.0. The second-order valence-electron chi connectivity index (χ2n) is 7.01. The molecular formula is C20H24F3N3O3. The van der Waals surface area contributed by atoms with Gasteiger partial charge in [-0.25, -0.2) is 4.98 Å². The summed E-state index contributed by atoms with van der Waals surface area (Å²) in [4.78, 5) is 7.24. The monoisotopic (exact) mass is 411 g/mol. The van der Waals surface area contributed by atoms with E-state index in [9.17, 15) is 18.3 Å². The number of likely N-dealkylation sites (N-methyl/N-ethyl adjacent to an activating group) is 1. The van der Waals surface area contributed by atoms with Crippen LogP contribution in [0.1, 0.15) is 17.5 Å². The van der Waals surface area contributed by atoms with Crippen molar-refractivity contribution in [2.24, 2.45) is 0 Å². The second-order valence-corrected chi connectivity index (χ2v) is 7.01. The lowest BCUT2D eigenvalue weighted by molar-refractivity contribution is -0.137. The van der Waals surface area contributed by atoms with Crippen LogP contribution in [0.15, 0.2) is 42.6 Å². The number of aromatic nitrogens is 1. The molecule has 1 aliphatic rings. The molecule has 1 aromatic carbocycles. The van der Waals surface area contributed by atoms with Crippen LogP contribution >= 0.6 is 0 Å². The maximum absolute atomic E-state index is 13.3. The molecule has 3 rings (SSSR count). The Hall–Kier alpha value is -2.36. The van der Waals surface area contributed by atoms with E-state index in [1.165, 1.54) is 17.2 Å². The number of likely N-dealkylation sites (tertiary alicyclic amines) is 1. The molecule has 0 aliphatic carbocycles. The van der Waals surface area contributed by atoms with Gasteiger partial charge in [0.2, 0.25) is 0 Å². The van der Waals surface area contributed by atoms with Crippen LogP contribution in [0.2, 0.25) is 0 Å². The summed E-state index contributed by atoms with van der Waals surface area (Å²) in [6.45, 7) is 0.916. The average Bonchev–Trinajstić information content (AvgIpc) is 3.21. The van der Waals surface area contributed by atoms with Crippen LogP contribution in [0, 0.1) is 0 Å². The number of aliphatic hydroxyl groups excluding tert-OH is 2. The standard InChI is InChI=1S/C20H24F3N3O3/c1-25(19-17(20(21,22)23)3-2-9-24-19)15-8-10-26(11-15)18(28)13-29-16-6-4-14(12-27)5-7-16/h2-7,9,15,18,27-28H,8,10-13H2,1H3/t15-,18?/m1/s1. The molecule has 29 heavy (non-hydrogen) atoms. The quantitative estimate of drug-likeness (QED) is 0.730. The Morgan fingerprint density at radius 3 is 2.66 bits per heavy atom. The summed E-state index contributed by atoms with van der Waals surface area (Å²) in [5.41, 5.74) is -0.00720. The number of nitrogens with zero attached hydrogens (tertiary/aromatic N) is 3. The van der Waals surface area contributed by atoms with Crippen molar-refractivity contribution in [1.82, 2.24) is 9.88 Å². The zero-order valence-electron chi connectivity index (χ0n) is 16.0. The van der Waals surface area contributed by atoms with Crippen molar-refractivity contribution in [3.8, 4) is 5.75 Å². The first-order chi connectivity index (χ1) is 13.8. The first kappa shape index (κ1) is 21.4. The second kappa shape index (κ2) is 8.98. The number of rotatable bonds is 7. The number of aliphatic hydroxyl groups is 2. The van der Waals surface area contributed by atoms with Gasteiger partial charge in [0.05, 0.1) is 12.2 Å². The maximum atomic E-state index is 13.3. The van der Waals surface area contributed by atoms with Gasteiger partial charge in [-0.3, -0.25) is 4.90 Å². The Bertz CT molecular complexity index is 802. The van der Waals surface area contributed by atoms with Gasteiger partial charge in [-0.1, -0.05) is 12.1 Å². The molecule has 2 atom stereocenters. The van der Waals surface area contributed by atoms with Gasteiger partial charge in [0.15, 0.2) is 0 Å². The summed E-state index contributed by atoms with van der Waals surface area (Å²) < 4.78 is 45.4. The van der Waals surface area contributed by atoms with Crippen molar-refractivity contribution in [2.45, 2.75) is 31.5 Å². The summed E-state index contributed by atoms with van der Waals surface area (Å²) in [5, 5.41) is 19.5. The predicted molar refractivity (Wildman–Crippen MR) is 101 cm³/mol. The number of ether oxygens (including phenoxy) is 1. The first-order valence-electron chi connectivity index (χ1n) is 9.29. The van der Waals surface area contributed by atoms with Gasteiger partial charge in [0.25, 0.3) is 0 Å². The number of halogens is 3. The summed E-state index contributed by atoms with van der Waals surface area (Å²) in [6, 6.07) is 8.97. The summed E-state index contributed by atoms with van der Waals surface area (Å²) in [7, 11) is 1.59. The number of alkyl halides is 3. The SMILES string of the molecule is CN(c1ncccc1C(F)(F)F)[C@@H]1CCN(C(O)COc2ccc(CO)cc2)C1.